The molecule has 0 saturated carbocycles. The summed E-state index contributed by atoms with van der Waals surface area (Å²) in [6.07, 6.45) is 3.71. The summed E-state index contributed by atoms with van der Waals surface area (Å²) in [5, 5.41) is 0. The van der Waals surface area contributed by atoms with Gasteiger partial charge in [-0.2, -0.15) is 0 Å². The van der Waals surface area contributed by atoms with Gasteiger partial charge in [0.05, 0.1) is 0 Å². The molecule has 0 aromatic heterocycles. The van der Waals surface area contributed by atoms with Crippen LogP contribution in [0.3, 0.4) is 0 Å². The van der Waals surface area contributed by atoms with Crippen molar-refractivity contribution in [2.45, 2.75) is 19.3 Å². The van der Waals surface area contributed by atoms with Crippen LogP contribution < -0.4 is 0 Å². The number of piperidine rings is 1. The van der Waals surface area contributed by atoms with Gasteiger partial charge in [0.2, 0.25) is 6.73 Å². The molecule has 0 N–H and O–H groups in total. The fraction of sp³-hybridized carbons (Fsp3) is 0.714. The highest BCUT2D eigenvalue weighted by atomic mass is 16.5. The van der Waals surface area contributed by atoms with E-state index in [-0.39, 0.29) is 0 Å². The lowest BCUT2D eigenvalue weighted by Gasteiger charge is -2.23. The van der Waals surface area contributed by atoms with Gasteiger partial charge in [0.15, 0.2) is 0 Å². The average Bonchev–Trinajstić information content (AvgIpc) is 2.03. The Hall–Kier alpha value is -0.570. The van der Waals surface area contributed by atoms with Crippen molar-refractivity contribution in [1.29, 1.82) is 0 Å². The highest BCUT2D eigenvalue weighted by molar-refractivity contribution is 5.37. The lowest BCUT2D eigenvalue weighted by molar-refractivity contribution is -0.128. The maximum atomic E-state index is 9.77. The van der Waals surface area contributed by atoms with Crippen LogP contribution in [0.5, 0.6) is 0 Å². The molecular formula is C7H12NO2. The Kier molecular flexibility index (Phi) is 3.22. The highest BCUT2D eigenvalue weighted by Gasteiger charge is 2.09. The maximum Gasteiger partial charge on any atom is 0.294 e. The lowest BCUT2D eigenvalue weighted by Crippen LogP contribution is -2.27. The maximum absolute atomic E-state index is 9.77. The number of nitrogens with zero attached hydrogens (tertiary/aromatic N) is 1. The van der Waals surface area contributed by atoms with E-state index in [1.54, 1.807) is 0 Å². The predicted octanol–water partition coefficient (Wildman–Crippen LogP) is 0.765. The van der Waals surface area contributed by atoms with Crippen LogP contribution in [0.4, 0.5) is 0 Å². The van der Waals surface area contributed by atoms with Crippen molar-refractivity contribution in [2.75, 3.05) is 13.1 Å². The topological polar surface area (TPSA) is 29.5 Å². The van der Waals surface area contributed by atoms with Crippen molar-refractivity contribution in [3.05, 3.63) is 6.73 Å². The minimum Gasteiger partial charge on any atom is -0.443 e. The number of ether oxygens (including phenoxy) is 1. The van der Waals surface area contributed by atoms with Crippen LogP contribution in [-0.4, -0.2) is 24.5 Å². The second kappa shape index (κ2) is 4.28. The Labute approximate surface area is 61.0 Å². The van der Waals surface area contributed by atoms with Gasteiger partial charge in [0.1, 0.15) is 0 Å². The van der Waals surface area contributed by atoms with E-state index >= 15 is 0 Å². The molecule has 1 aliphatic heterocycles. The number of hydrogen-bond donors (Lipinski definition) is 0. The number of carbonyl (C=O) groups is 1. The monoisotopic (exact) mass is 142 g/mol. The minimum atomic E-state index is 0.453. The van der Waals surface area contributed by atoms with Crippen molar-refractivity contribution < 1.29 is 9.53 Å². The first-order valence-corrected chi connectivity index (χ1v) is 3.60. The minimum absolute atomic E-state index is 0.453. The van der Waals surface area contributed by atoms with Gasteiger partial charge in [-0.25, -0.2) is 0 Å². The van der Waals surface area contributed by atoms with E-state index in [1.807, 2.05) is 4.90 Å². The molecule has 1 fully saturated rings. The summed E-state index contributed by atoms with van der Waals surface area (Å²) in [7, 11) is 0. The molecule has 0 aromatic carbocycles. The summed E-state index contributed by atoms with van der Waals surface area (Å²) in [5.41, 5.74) is 0. The normalized spacial score (nSPS) is 20.4. The van der Waals surface area contributed by atoms with E-state index in [0.717, 1.165) is 13.1 Å². The van der Waals surface area contributed by atoms with Crippen molar-refractivity contribution in [3.8, 4) is 0 Å². The van der Waals surface area contributed by atoms with Crippen molar-refractivity contribution >= 4 is 6.47 Å². The van der Waals surface area contributed by atoms with Gasteiger partial charge in [-0.1, -0.05) is 6.42 Å². The molecule has 0 bridgehead atoms. The standard InChI is InChI=1S/C7H12NO2/c9-7-10-6-8-4-2-1-3-5-8/h6-7H,1-5H2. The van der Waals surface area contributed by atoms with Crippen LogP contribution in [-0.2, 0) is 9.53 Å². The molecule has 0 spiro atoms. The van der Waals surface area contributed by atoms with Crippen LogP contribution >= 0.6 is 0 Å². The molecule has 0 aliphatic carbocycles. The quantitative estimate of drug-likeness (QED) is 0.545. The van der Waals surface area contributed by atoms with Crippen LogP contribution in [0.2, 0.25) is 0 Å². The van der Waals surface area contributed by atoms with Gasteiger partial charge in [-0.15, -0.1) is 0 Å². The first-order valence-electron chi connectivity index (χ1n) is 3.60. The smallest absolute Gasteiger partial charge is 0.294 e. The third-order valence-corrected chi connectivity index (χ3v) is 1.66. The largest absolute Gasteiger partial charge is 0.443 e. The summed E-state index contributed by atoms with van der Waals surface area (Å²) < 4.78 is 4.49. The third kappa shape index (κ3) is 2.35. The van der Waals surface area contributed by atoms with Crippen LogP contribution in [0.25, 0.3) is 0 Å². The molecule has 1 rings (SSSR count). The fourth-order valence-corrected chi connectivity index (χ4v) is 1.13. The number of likely N-dealkylation sites (tertiary alicyclic amines) is 1. The molecular weight excluding hydrogens is 130 g/mol. The Bertz CT molecular complexity index is 99.8. The highest BCUT2D eigenvalue weighted by Crippen LogP contribution is 2.09. The van der Waals surface area contributed by atoms with E-state index in [2.05, 4.69) is 4.74 Å². The van der Waals surface area contributed by atoms with E-state index in [4.69, 9.17) is 0 Å². The van der Waals surface area contributed by atoms with Crippen LogP contribution in [0.1, 0.15) is 19.3 Å². The zero-order chi connectivity index (χ0) is 7.23. The summed E-state index contributed by atoms with van der Waals surface area (Å²) in [6.45, 7) is 4.00. The number of carbonyl (C=O) groups excluding carboxylic acids is 1. The summed E-state index contributed by atoms with van der Waals surface area (Å²) >= 11 is 0. The third-order valence-electron chi connectivity index (χ3n) is 1.66. The van der Waals surface area contributed by atoms with E-state index < -0.39 is 0 Å². The SMILES string of the molecule is O=CO[CH]N1CCCCC1. The molecule has 10 heavy (non-hydrogen) atoms. The molecule has 1 radical (unpaired) electrons. The lowest BCUT2D eigenvalue weighted by atomic mass is 10.1. The second-order valence-electron chi connectivity index (χ2n) is 2.43. The molecule has 57 valence electrons. The predicted molar refractivity (Wildman–Crippen MR) is 36.9 cm³/mol. The van der Waals surface area contributed by atoms with Gasteiger partial charge in [-0.3, -0.25) is 9.69 Å². The van der Waals surface area contributed by atoms with Crippen molar-refractivity contribution in [2.24, 2.45) is 0 Å². The first-order chi connectivity index (χ1) is 4.93. The first kappa shape index (κ1) is 7.54. The molecule has 1 heterocycles. The Morgan fingerprint density at radius 3 is 2.50 bits per heavy atom. The van der Waals surface area contributed by atoms with Gasteiger partial charge >= 0.3 is 0 Å². The molecule has 0 unspecified atom stereocenters. The number of rotatable bonds is 3. The Morgan fingerprint density at radius 2 is 1.90 bits per heavy atom. The molecule has 3 nitrogen and oxygen atoms in total. The second-order valence-corrected chi connectivity index (χ2v) is 2.43. The average molecular weight is 142 g/mol. The Morgan fingerprint density at radius 1 is 1.20 bits per heavy atom. The van der Waals surface area contributed by atoms with Crippen molar-refractivity contribution in [1.82, 2.24) is 4.90 Å². The molecule has 3 heteroatoms. The van der Waals surface area contributed by atoms with Gasteiger partial charge in [0, 0.05) is 13.1 Å². The fourth-order valence-electron chi connectivity index (χ4n) is 1.13. The van der Waals surface area contributed by atoms with E-state index in [1.165, 1.54) is 26.0 Å². The van der Waals surface area contributed by atoms with Crippen molar-refractivity contribution in [3.63, 3.8) is 0 Å². The summed E-state index contributed by atoms with van der Waals surface area (Å²) in [5.74, 6) is 0. The van der Waals surface area contributed by atoms with E-state index in [0.29, 0.717) is 6.47 Å². The summed E-state index contributed by atoms with van der Waals surface area (Å²) in [6, 6.07) is 0. The molecule has 0 aromatic rings. The Balaban J connectivity index is 2.07. The van der Waals surface area contributed by atoms with Crippen LogP contribution in [0, 0.1) is 6.73 Å². The van der Waals surface area contributed by atoms with E-state index in [9.17, 15) is 4.79 Å². The van der Waals surface area contributed by atoms with Gasteiger partial charge < -0.3 is 4.74 Å². The summed E-state index contributed by atoms with van der Waals surface area (Å²) in [4.78, 5) is 11.8. The number of hydrogen-bond acceptors (Lipinski definition) is 3. The molecule has 0 atom stereocenters. The molecule has 1 aliphatic rings. The molecule has 1 saturated heterocycles. The zero-order valence-corrected chi connectivity index (χ0v) is 5.95. The van der Waals surface area contributed by atoms with Gasteiger partial charge in [-0.05, 0) is 12.8 Å². The van der Waals surface area contributed by atoms with Crippen LogP contribution in [0.15, 0.2) is 0 Å². The van der Waals surface area contributed by atoms with Gasteiger partial charge in [0.25, 0.3) is 6.47 Å². The molecule has 0 amide bonds. The zero-order valence-electron chi connectivity index (χ0n) is 5.95.